The van der Waals surface area contributed by atoms with Gasteiger partial charge >= 0.3 is 58.2 Å². The number of benzene rings is 1. The quantitative estimate of drug-likeness (QED) is 0.664. The number of ketones is 1. The zero-order chi connectivity index (χ0) is 9.97. The largest absolute Gasteiger partial charge is 1.00 e. The van der Waals surface area contributed by atoms with Gasteiger partial charge in [0.2, 0.25) is 0 Å². The van der Waals surface area contributed by atoms with Gasteiger partial charge in [0.15, 0.2) is 5.78 Å². The molecule has 0 bridgehead atoms. The second-order valence-corrected chi connectivity index (χ2v) is 3.59. The van der Waals surface area contributed by atoms with Gasteiger partial charge in [0.1, 0.15) is 0 Å². The standard InChI is InChI=1S/C12H11O2.Rb/c13-8-7-9-5-6-12(14)11-4-2-1-3-10(9)11;/h1-4,9H,5-7H2;/q-1;+1. The Balaban J connectivity index is 0.00000112. The molecule has 0 amide bonds. The van der Waals surface area contributed by atoms with Gasteiger partial charge in [0.25, 0.3) is 0 Å². The summed E-state index contributed by atoms with van der Waals surface area (Å²) < 4.78 is 0. The molecule has 0 saturated heterocycles. The first kappa shape index (κ1) is 13.4. The Bertz CT molecular complexity index is 374. The monoisotopic (exact) mass is 272 g/mol. The molecule has 0 spiro atoms. The van der Waals surface area contributed by atoms with Gasteiger partial charge in [-0.05, 0) is 17.9 Å². The van der Waals surface area contributed by atoms with Crippen LogP contribution < -0.4 is 58.2 Å². The van der Waals surface area contributed by atoms with Gasteiger partial charge in [-0.25, -0.2) is 0 Å². The molecule has 72 valence electrons. The molecule has 0 aliphatic heterocycles. The van der Waals surface area contributed by atoms with E-state index in [9.17, 15) is 9.59 Å². The minimum atomic E-state index is 0. The number of rotatable bonds is 2. The predicted octanol–water partition coefficient (Wildman–Crippen LogP) is -0.750. The second-order valence-electron chi connectivity index (χ2n) is 3.59. The summed E-state index contributed by atoms with van der Waals surface area (Å²) in [6.07, 6.45) is 3.68. The third kappa shape index (κ3) is 2.93. The van der Waals surface area contributed by atoms with Crippen LogP contribution in [0.3, 0.4) is 0 Å². The SMILES string of the molecule is O=[C-]CC1CCC(=O)c2ccccc21.[Rb+]. The summed E-state index contributed by atoms with van der Waals surface area (Å²) >= 11 is 0. The van der Waals surface area contributed by atoms with E-state index in [1.54, 1.807) is 0 Å². The van der Waals surface area contributed by atoms with Crippen LogP contribution in [-0.4, -0.2) is 12.1 Å². The van der Waals surface area contributed by atoms with E-state index in [2.05, 4.69) is 0 Å². The van der Waals surface area contributed by atoms with Crippen molar-refractivity contribution in [3.63, 3.8) is 0 Å². The normalized spacial score (nSPS) is 18.9. The van der Waals surface area contributed by atoms with E-state index < -0.39 is 0 Å². The Hall–Kier alpha value is 0.365. The van der Waals surface area contributed by atoms with Gasteiger partial charge in [0.05, 0.1) is 0 Å². The first-order valence-corrected chi connectivity index (χ1v) is 4.80. The van der Waals surface area contributed by atoms with Gasteiger partial charge in [-0.2, -0.15) is 0 Å². The van der Waals surface area contributed by atoms with Crippen molar-refractivity contribution in [2.75, 3.05) is 0 Å². The molecule has 1 aliphatic rings. The molecule has 0 heterocycles. The fourth-order valence-corrected chi connectivity index (χ4v) is 2.02. The number of hydrogen-bond acceptors (Lipinski definition) is 2. The van der Waals surface area contributed by atoms with Crippen LogP contribution in [-0.2, 0) is 4.79 Å². The maximum absolute atomic E-state index is 11.5. The fraction of sp³-hybridized carbons (Fsp3) is 0.333. The van der Waals surface area contributed by atoms with Crippen LogP contribution in [0.4, 0.5) is 0 Å². The maximum atomic E-state index is 11.5. The molecule has 0 saturated carbocycles. The maximum Gasteiger partial charge on any atom is 1.00 e. The molecule has 0 radical (unpaired) electrons. The molecule has 3 heteroatoms. The Morgan fingerprint density at radius 3 is 2.80 bits per heavy atom. The van der Waals surface area contributed by atoms with E-state index in [0.717, 1.165) is 17.5 Å². The van der Waals surface area contributed by atoms with Gasteiger partial charge in [0, 0.05) is 12.0 Å². The molecule has 1 unspecified atom stereocenters. The van der Waals surface area contributed by atoms with E-state index >= 15 is 0 Å². The van der Waals surface area contributed by atoms with E-state index in [1.807, 2.05) is 30.6 Å². The topological polar surface area (TPSA) is 34.1 Å². The van der Waals surface area contributed by atoms with Crippen molar-refractivity contribution in [2.45, 2.75) is 25.2 Å². The van der Waals surface area contributed by atoms with Gasteiger partial charge < -0.3 is 4.79 Å². The minimum absolute atomic E-state index is 0. The van der Waals surface area contributed by atoms with Crippen LogP contribution >= 0.6 is 0 Å². The van der Waals surface area contributed by atoms with Crippen LogP contribution in [0.5, 0.6) is 0 Å². The molecule has 1 aromatic carbocycles. The summed E-state index contributed by atoms with van der Waals surface area (Å²) in [4.78, 5) is 21.9. The first-order chi connectivity index (χ1) is 6.83. The van der Waals surface area contributed by atoms with Crippen LogP contribution in [0.15, 0.2) is 24.3 Å². The summed E-state index contributed by atoms with van der Waals surface area (Å²) in [6, 6.07) is 7.56. The fourth-order valence-electron chi connectivity index (χ4n) is 2.02. The Kier molecular flexibility index (Phi) is 5.54. The summed E-state index contributed by atoms with van der Waals surface area (Å²) in [5.74, 6) is 0.393. The van der Waals surface area contributed by atoms with Crippen molar-refractivity contribution in [3.05, 3.63) is 35.4 Å². The Labute approximate surface area is 138 Å². The number of hydrogen-bond donors (Lipinski definition) is 0. The molecule has 0 N–H and O–H groups in total. The first-order valence-electron chi connectivity index (χ1n) is 4.80. The number of carbonyl (C=O) groups excluding carboxylic acids is 2. The molecule has 0 fully saturated rings. The van der Waals surface area contributed by atoms with Gasteiger partial charge in [-0.1, -0.05) is 24.3 Å². The van der Waals surface area contributed by atoms with Crippen molar-refractivity contribution in [1.82, 2.24) is 0 Å². The number of carbonyl (C=O) groups is 1. The van der Waals surface area contributed by atoms with Gasteiger partial charge in [-0.15, -0.1) is 6.42 Å². The summed E-state index contributed by atoms with van der Waals surface area (Å²) in [5.41, 5.74) is 1.81. The Morgan fingerprint density at radius 2 is 2.07 bits per heavy atom. The molecule has 0 aromatic heterocycles. The second kappa shape index (κ2) is 6.19. The van der Waals surface area contributed by atoms with Crippen LogP contribution in [0.1, 0.15) is 41.1 Å². The van der Waals surface area contributed by atoms with Crippen molar-refractivity contribution >= 4 is 12.1 Å². The minimum Gasteiger partial charge on any atom is -0.542 e. The van der Waals surface area contributed by atoms with Crippen molar-refractivity contribution in [2.24, 2.45) is 0 Å². The third-order valence-corrected chi connectivity index (χ3v) is 2.75. The van der Waals surface area contributed by atoms with E-state index in [4.69, 9.17) is 0 Å². The smallest absolute Gasteiger partial charge is 0.542 e. The summed E-state index contributed by atoms with van der Waals surface area (Å²) in [7, 11) is 0. The molecule has 1 atom stereocenters. The predicted molar refractivity (Wildman–Crippen MR) is 53.1 cm³/mol. The van der Waals surface area contributed by atoms with Crippen LogP contribution in [0.2, 0.25) is 0 Å². The molecular weight excluding hydrogens is 262 g/mol. The van der Waals surface area contributed by atoms with Crippen molar-refractivity contribution in [3.8, 4) is 0 Å². The Morgan fingerprint density at radius 1 is 1.33 bits per heavy atom. The van der Waals surface area contributed by atoms with Crippen molar-refractivity contribution < 1.29 is 67.8 Å². The third-order valence-electron chi connectivity index (χ3n) is 2.75. The number of fused-ring (bicyclic) bond motifs is 1. The average Bonchev–Trinajstić information content (AvgIpc) is 2.23. The van der Waals surface area contributed by atoms with Crippen LogP contribution in [0.25, 0.3) is 0 Å². The van der Waals surface area contributed by atoms with Crippen LogP contribution in [0, 0.1) is 0 Å². The average molecular weight is 273 g/mol. The molecule has 2 rings (SSSR count). The zero-order valence-corrected chi connectivity index (χ0v) is 13.7. The molecule has 15 heavy (non-hydrogen) atoms. The molecule has 2 nitrogen and oxygen atoms in total. The zero-order valence-electron chi connectivity index (χ0n) is 8.82. The van der Waals surface area contributed by atoms with Crippen molar-refractivity contribution in [1.29, 1.82) is 0 Å². The van der Waals surface area contributed by atoms with E-state index in [1.165, 1.54) is 0 Å². The molecular formula is C12H11O2Rb. The summed E-state index contributed by atoms with van der Waals surface area (Å²) in [5, 5.41) is 0. The molecule has 1 aromatic rings. The summed E-state index contributed by atoms with van der Waals surface area (Å²) in [6.45, 7) is 0. The van der Waals surface area contributed by atoms with E-state index in [0.29, 0.717) is 12.8 Å². The number of Topliss-reactive ketones (excluding diaryl/α,β-unsaturated/α-hetero) is 1. The van der Waals surface area contributed by atoms with Gasteiger partial charge in [-0.3, -0.25) is 11.1 Å². The molecule has 1 aliphatic carbocycles. The van der Waals surface area contributed by atoms with E-state index in [-0.39, 0.29) is 69.9 Å².